The van der Waals surface area contributed by atoms with Crippen molar-refractivity contribution in [3.05, 3.63) is 33.6 Å². The molecule has 0 aromatic heterocycles. The van der Waals surface area contributed by atoms with Crippen LogP contribution in [0.1, 0.15) is 31.4 Å². The van der Waals surface area contributed by atoms with Crippen LogP contribution in [0.4, 0.5) is 4.39 Å². The minimum absolute atomic E-state index is 0.0176. The summed E-state index contributed by atoms with van der Waals surface area (Å²) >= 11 is 11.7. The highest BCUT2D eigenvalue weighted by molar-refractivity contribution is 6.35. The molecule has 1 aromatic rings. The summed E-state index contributed by atoms with van der Waals surface area (Å²) in [6.45, 7) is 2.53. The van der Waals surface area contributed by atoms with Gasteiger partial charge in [-0.15, -0.1) is 0 Å². The van der Waals surface area contributed by atoms with E-state index in [1.165, 1.54) is 12.1 Å². The molecule has 0 aliphatic carbocycles. The Kier molecular flexibility index (Phi) is 4.66. The van der Waals surface area contributed by atoms with Crippen molar-refractivity contribution < 1.29 is 9.18 Å². The van der Waals surface area contributed by atoms with Gasteiger partial charge in [0.05, 0.1) is 5.02 Å². The average molecular weight is 305 g/mol. The molecule has 1 saturated heterocycles. The standard InChI is InChI=1S/C13H15Cl2FN2O/c1-7(17-6-8-2-3-13(19)18-8)9-4-12(16)11(15)5-10(9)14/h4-5,7-8,17H,2-3,6H2,1H3,(H,18,19). The number of halogens is 3. The van der Waals surface area contributed by atoms with E-state index >= 15 is 0 Å². The van der Waals surface area contributed by atoms with Crippen LogP contribution in [0, 0.1) is 5.82 Å². The molecule has 2 atom stereocenters. The SMILES string of the molecule is CC(NCC1CCC(=O)N1)c1cc(F)c(Cl)cc1Cl. The van der Waals surface area contributed by atoms with E-state index in [1.807, 2.05) is 6.92 Å². The van der Waals surface area contributed by atoms with Gasteiger partial charge < -0.3 is 10.6 Å². The van der Waals surface area contributed by atoms with Crippen molar-refractivity contribution in [1.82, 2.24) is 10.6 Å². The molecule has 6 heteroatoms. The summed E-state index contributed by atoms with van der Waals surface area (Å²) in [6.07, 6.45) is 1.39. The minimum Gasteiger partial charge on any atom is -0.352 e. The largest absolute Gasteiger partial charge is 0.352 e. The van der Waals surface area contributed by atoms with E-state index in [4.69, 9.17) is 23.2 Å². The van der Waals surface area contributed by atoms with E-state index in [1.54, 1.807) is 0 Å². The molecule has 2 N–H and O–H groups in total. The molecule has 2 rings (SSSR count). The summed E-state index contributed by atoms with van der Waals surface area (Å²) in [6, 6.07) is 2.77. The molecule has 1 amide bonds. The first-order chi connectivity index (χ1) is 8.97. The molecule has 0 spiro atoms. The highest BCUT2D eigenvalue weighted by atomic mass is 35.5. The summed E-state index contributed by atoms with van der Waals surface area (Å²) < 4.78 is 13.4. The van der Waals surface area contributed by atoms with Crippen molar-refractivity contribution >= 4 is 29.1 Å². The van der Waals surface area contributed by atoms with Gasteiger partial charge in [-0.3, -0.25) is 4.79 Å². The second-order valence-electron chi connectivity index (χ2n) is 4.72. The van der Waals surface area contributed by atoms with Gasteiger partial charge >= 0.3 is 0 Å². The lowest BCUT2D eigenvalue weighted by atomic mass is 10.1. The highest BCUT2D eigenvalue weighted by Crippen LogP contribution is 2.28. The monoisotopic (exact) mass is 304 g/mol. The molecule has 1 aliphatic rings. The summed E-state index contributed by atoms with van der Waals surface area (Å²) in [5, 5.41) is 6.56. The van der Waals surface area contributed by atoms with Gasteiger partial charge in [0.1, 0.15) is 5.82 Å². The van der Waals surface area contributed by atoms with Crippen LogP contribution in [0.15, 0.2) is 12.1 Å². The number of rotatable bonds is 4. The van der Waals surface area contributed by atoms with Crippen molar-refractivity contribution in [2.45, 2.75) is 31.8 Å². The third-order valence-electron chi connectivity index (χ3n) is 3.26. The molecular formula is C13H15Cl2FN2O. The Morgan fingerprint density at radius 1 is 1.47 bits per heavy atom. The van der Waals surface area contributed by atoms with Gasteiger partial charge in [0.25, 0.3) is 0 Å². The molecule has 1 aliphatic heterocycles. The molecule has 3 nitrogen and oxygen atoms in total. The zero-order chi connectivity index (χ0) is 14.0. The summed E-state index contributed by atoms with van der Waals surface area (Å²) in [4.78, 5) is 11.1. The fraction of sp³-hybridized carbons (Fsp3) is 0.462. The third-order valence-corrected chi connectivity index (χ3v) is 3.88. The zero-order valence-electron chi connectivity index (χ0n) is 10.5. The predicted molar refractivity (Wildman–Crippen MR) is 74.0 cm³/mol. The number of amides is 1. The first-order valence-electron chi connectivity index (χ1n) is 6.14. The maximum absolute atomic E-state index is 13.4. The molecule has 19 heavy (non-hydrogen) atoms. The smallest absolute Gasteiger partial charge is 0.220 e. The van der Waals surface area contributed by atoms with Crippen LogP contribution in [-0.2, 0) is 4.79 Å². The average Bonchev–Trinajstić information content (AvgIpc) is 2.77. The number of carbonyl (C=O) groups is 1. The Hall–Kier alpha value is -0.840. The number of hydrogen-bond acceptors (Lipinski definition) is 2. The van der Waals surface area contributed by atoms with Crippen molar-refractivity contribution in [3.8, 4) is 0 Å². The van der Waals surface area contributed by atoms with Gasteiger partial charge in [-0.25, -0.2) is 4.39 Å². The second-order valence-corrected chi connectivity index (χ2v) is 5.54. The van der Waals surface area contributed by atoms with Gasteiger partial charge in [-0.1, -0.05) is 23.2 Å². The van der Waals surface area contributed by atoms with Crippen LogP contribution in [0.5, 0.6) is 0 Å². The Balaban J connectivity index is 1.98. The molecule has 104 valence electrons. The lowest BCUT2D eigenvalue weighted by Crippen LogP contribution is -2.36. The molecular weight excluding hydrogens is 290 g/mol. The fourth-order valence-electron chi connectivity index (χ4n) is 2.13. The second kappa shape index (κ2) is 6.07. The number of nitrogens with one attached hydrogen (secondary N) is 2. The van der Waals surface area contributed by atoms with E-state index in [9.17, 15) is 9.18 Å². The zero-order valence-corrected chi connectivity index (χ0v) is 12.0. The Morgan fingerprint density at radius 3 is 2.84 bits per heavy atom. The Labute approximate surface area is 121 Å². The normalized spacial score (nSPS) is 20.4. The van der Waals surface area contributed by atoms with Gasteiger partial charge in [0, 0.05) is 30.1 Å². The predicted octanol–water partition coefficient (Wildman–Crippen LogP) is 3.06. The molecule has 1 heterocycles. The summed E-state index contributed by atoms with van der Waals surface area (Å²) in [7, 11) is 0. The van der Waals surface area contributed by atoms with Gasteiger partial charge in [-0.2, -0.15) is 0 Å². The molecule has 0 saturated carbocycles. The van der Waals surface area contributed by atoms with E-state index in [2.05, 4.69) is 10.6 Å². The highest BCUT2D eigenvalue weighted by Gasteiger charge is 2.21. The van der Waals surface area contributed by atoms with E-state index in [0.717, 1.165) is 6.42 Å². The fourth-order valence-corrected chi connectivity index (χ4v) is 2.68. The van der Waals surface area contributed by atoms with Crippen LogP contribution in [0.3, 0.4) is 0 Å². The number of benzene rings is 1. The van der Waals surface area contributed by atoms with Crippen LogP contribution in [0.25, 0.3) is 0 Å². The lowest BCUT2D eigenvalue weighted by Gasteiger charge is -2.19. The maximum atomic E-state index is 13.4. The quantitative estimate of drug-likeness (QED) is 0.840. The van der Waals surface area contributed by atoms with Gasteiger partial charge in [0.15, 0.2) is 0 Å². The molecule has 1 fully saturated rings. The molecule has 0 bridgehead atoms. The van der Waals surface area contributed by atoms with Crippen molar-refractivity contribution in [3.63, 3.8) is 0 Å². The van der Waals surface area contributed by atoms with Crippen LogP contribution < -0.4 is 10.6 Å². The number of hydrogen-bond donors (Lipinski definition) is 2. The Bertz CT molecular complexity index is 496. The first-order valence-corrected chi connectivity index (χ1v) is 6.90. The lowest BCUT2D eigenvalue weighted by molar-refractivity contribution is -0.119. The number of carbonyl (C=O) groups excluding carboxylic acids is 1. The molecule has 1 aromatic carbocycles. The third kappa shape index (κ3) is 3.59. The van der Waals surface area contributed by atoms with E-state index in [-0.39, 0.29) is 23.0 Å². The molecule has 0 radical (unpaired) electrons. The summed E-state index contributed by atoms with van der Waals surface area (Å²) in [5.41, 5.74) is 0.660. The summed E-state index contributed by atoms with van der Waals surface area (Å²) in [5.74, 6) is -0.404. The van der Waals surface area contributed by atoms with Crippen LogP contribution >= 0.6 is 23.2 Å². The minimum atomic E-state index is -0.483. The first kappa shape index (κ1) is 14.6. The van der Waals surface area contributed by atoms with Crippen molar-refractivity contribution in [2.75, 3.05) is 6.54 Å². The van der Waals surface area contributed by atoms with Gasteiger partial charge in [-0.05, 0) is 31.0 Å². The van der Waals surface area contributed by atoms with Gasteiger partial charge in [0.2, 0.25) is 5.91 Å². The van der Waals surface area contributed by atoms with Crippen LogP contribution in [-0.4, -0.2) is 18.5 Å². The van der Waals surface area contributed by atoms with E-state index in [0.29, 0.717) is 23.6 Å². The van der Waals surface area contributed by atoms with E-state index < -0.39 is 5.82 Å². The van der Waals surface area contributed by atoms with Crippen LogP contribution in [0.2, 0.25) is 10.0 Å². The maximum Gasteiger partial charge on any atom is 0.220 e. The Morgan fingerprint density at radius 2 is 2.21 bits per heavy atom. The van der Waals surface area contributed by atoms with Crippen molar-refractivity contribution in [1.29, 1.82) is 0 Å². The van der Waals surface area contributed by atoms with Crippen molar-refractivity contribution in [2.24, 2.45) is 0 Å². The molecule has 2 unspecified atom stereocenters. The topological polar surface area (TPSA) is 41.1 Å².